The van der Waals surface area contributed by atoms with Crippen molar-refractivity contribution in [2.75, 3.05) is 24.5 Å². The molecule has 1 unspecified atom stereocenters. The Balaban J connectivity index is 2.11. The molecule has 6 heteroatoms. The first kappa shape index (κ1) is 11.2. The summed E-state index contributed by atoms with van der Waals surface area (Å²) in [5.41, 5.74) is -0.0387. The molecule has 3 heterocycles. The minimum atomic E-state index is -2.84. The van der Waals surface area contributed by atoms with E-state index in [1.165, 1.54) is 12.3 Å². The molecule has 92 valence electrons. The molecule has 1 atom stereocenters. The van der Waals surface area contributed by atoms with Gasteiger partial charge in [0.25, 0.3) is 5.92 Å². The van der Waals surface area contributed by atoms with Crippen LogP contribution in [0.2, 0.25) is 5.02 Å². The van der Waals surface area contributed by atoms with Crippen LogP contribution >= 0.6 is 11.6 Å². The third kappa shape index (κ3) is 1.77. The van der Waals surface area contributed by atoms with E-state index in [-0.39, 0.29) is 23.0 Å². The SMILES string of the molecule is FC1(F)CC2CNCCN2c2ncc(Cl)cc21. The van der Waals surface area contributed by atoms with Gasteiger partial charge < -0.3 is 10.2 Å². The molecule has 1 fully saturated rings. The fourth-order valence-corrected chi connectivity index (χ4v) is 2.72. The van der Waals surface area contributed by atoms with Crippen LogP contribution in [0.4, 0.5) is 14.6 Å². The highest BCUT2D eigenvalue weighted by Crippen LogP contribution is 2.44. The summed E-state index contributed by atoms with van der Waals surface area (Å²) in [6.07, 6.45) is 1.26. The van der Waals surface area contributed by atoms with E-state index in [4.69, 9.17) is 11.6 Å². The zero-order valence-electron chi connectivity index (χ0n) is 9.09. The van der Waals surface area contributed by atoms with Crippen LogP contribution in [0.25, 0.3) is 0 Å². The predicted octanol–water partition coefficient (Wildman–Crippen LogP) is 2.01. The molecule has 2 aliphatic heterocycles. The Morgan fingerprint density at radius 1 is 1.53 bits per heavy atom. The molecule has 1 aromatic heterocycles. The van der Waals surface area contributed by atoms with Gasteiger partial charge in [-0.1, -0.05) is 11.6 Å². The number of piperazine rings is 1. The lowest BCUT2D eigenvalue weighted by atomic mass is 9.93. The maximum Gasteiger partial charge on any atom is 0.278 e. The van der Waals surface area contributed by atoms with Gasteiger partial charge in [-0.25, -0.2) is 13.8 Å². The van der Waals surface area contributed by atoms with E-state index < -0.39 is 5.92 Å². The Kier molecular flexibility index (Phi) is 2.48. The summed E-state index contributed by atoms with van der Waals surface area (Å²) in [6, 6.07) is 1.15. The summed E-state index contributed by atoms with van der Waals surface area (Å²) in [4.78, 5) is 6.04. The lowest BCUT2D eigenvalue weighted by molar-refractivity contribution is -0.0271. The van der Waals surface area contributed by atoms with Crippen LogP contribution in [0.15, 0.2) is 12.3 Å². The van der Waals surface area contributed by atoms with E-state index in [0.717, 1.165) is 6.54 Å². The standard InChI is InChI=1S/C11H12ClF2N3/c12-7-3-9-10(16-5-7)17-2-1-15-6-8(17)4-11(9,13)14/h3,5,8,15H,1-2,4,6H2. The maximum atomic E-state index is 14.0. The first-order chi connectivity index (χ1) is 8.08. The van der Waals surface area contributed by atoms with Crippen LogP contribution in [0, 0.1) is 0 Å². The van der Waals surface area contributed by atoms with Gasteiger partial charge in [-0.05, 0) is 6.07 Å². The van der Waals surface area contributed by atoms with E-state index >= 15 is 0 Å². The number of halogens is 3. The largest absolute Gasteiger partial charge is 0.350 e. The minimum absolute atomic E-state index is 0.0387. The van der Waals surface area contributed by atoms with E-state index in [1.54, 1.807) is 0 Å². The molecule has 1 aromatic rings. The zero-order valence-corrected chi connectivity index (χ0v) is 9.84. The molecule has 1 N–H and O–H groups in total. The molecule has 0 aliphatic carbocycles. The van der Waals surface area contributed by atoms with Crippen LogP contribution in [0.3, 0.4) is 0 Å². The van der Waals surface area contributed by atoms with E-state index in [9.17, 15) is 8.78 Å². The second kappa shape index (κ2) is 3.78. The van der Waals surface area contributed by atoms with Crippen molar-refractivity contribution in [3.8, 4) is 0 Å². The van der Waals surface area contributed by atoms with Crippen molar-refractivity contribution in [1.29, 1.82) is 0 Å². The van der Waals surface area contributed by atoms with Crippen LogP contribution in [0.5, 0.6) is 0 Å². The van der Waals surface area contributed by atoms with Crippen LogP contribution < -0.4 is 10.2 Å². The summed E-state index contributed by atoms with van der Waals surface area (Å²) in [5.74, 6) is -2.45. The van der Waals surface area contributed by atoms with Crippen LogP contribution in [0.1, 0.15) is 12.0 Å². The quantitative estimate of drug-likeness (QED) is 0.773. The van der Waals surface area contributed by atoms with Crippen molar-refractivity contribution in [2.24, 2.45) is 0 Å². The number of nitrogens with one attached hydrogen (secondary N) is 1. The molecule has 3 rings (SSSR count). The number of alkyl halides is 2. The van der Waals surface area contributed by atoms with Gasteiger partial charge in [-0.3, -0.25) is 0 Å². The topological polar surface area (TPSA) is 28.2 Å². The number of aromatic nitrogens is 1. The van der Waals surface area contributed by atoms with Crippen molar-refractivity contribution in [1.82, 2.24) is 10.3 Å². The zero-order chi connectivity index (χ0) is 12.0. The fourth-order valence-electron chi connectivity index (χ4n) is 2.56. The Bertz CT molecular complexity index is 452. The molecule has 3 nitrogen and oxygen atoms in total. The van der Waals surface area contributed by atoms with E-state index in [0.29, 0.717) is 18.9 Å². The van der Waals surface area contributed by atoms with Crippen molar-refractivity contribution in [3.63, 3.8) is 0 Å². The van der Waals surface area contributed by atoms with Gasteiger partial charge >= 0.3 is 0 Å². The maximum absolute atomic E-state index is 14.0. The molecular weight excluding hydrogens is 248 g/mol. The molecule has 0 saturated carbocycles. The normalized spacial score (nSPS) is 26.3. The molecule has 0 radical (unpaired) electrons. The van der Waals surface area contributed by atoms with Gasteiger partial charge in [-0.15, -0.1) is 0 Å². The summed E-state index contributed by atoms with van der Waals surface area (Å²) in [5, 5.41) is 3.40. The van der Waals surface area contributed by atoms with Gasteiger partial charge in [0.15, 0.2) is 0 Å². The first-order valence-corrected chi connectivity index (χ1v) is 5.97. The Hall–Kier alpha value is -0.940. The second-order valence-electron chi connectivity index (χ2n) is 4.48. The summed E-state index contributed by atoms with van der Waals surface area (Å²) < 4.78 is 28.0. The van der Waals surface area contributed by atoms with Crippen molar-refractivity contribution < 1.29 is 8.78 Å². The number of nitrogens with zero attached hydrogens (tertiary/aromatic N) is 2. The number of fused-ring (bicyclic) bond motifs is 3. The van der Waals surface area contributed by atoms with Crippen LogP contribution in [-0.2, 0) is 5.92 Å². The number of anilines is 1. The van der Waals surface area contributed by atoms with E-state index in [1.807, 2.05) is 4.90 Å². The molecular formula is C11H12ClF2N3. The lowest BCUT2D eigenvalue weighted by Crippen LogP contribution is -2.56. The minimum Gasteiger partial charge on any atom is -0.350 e. The average molecular weight is 260 g/mol. The van der Waals surface area contributed by atoms with Gasteiger partial charge in [0.05, 0.1) is 10.6 Å². The van der Waals surface area contributed by atoms with Gasteiger partial charge in [0, 0.05) is 38.3 Å². The Morgan fingerprint density at radius 2 is 2.35 bits per heavy atom. The third-order valence-electron chi connectivity index (χ3n) is 3.34. The highest BCUT2D eigenvalue weighted by Gasteiger charge is 2.46. The third-order valence-corrected chi connectivity index (χ3v) is 3.55. The summed E-state index contributed by atoms with van der Waals surface area (Å²) >= 11 is 5.75. The smallest absolute Gasteiger partial charge is 0.278 e. The van der Waals surface area contributed by atoms with Gasteiger partial charge in [0.2, 0.25) is 0 Å². The monoisotopic (exact) mass is 259 g/mol. The van der Waals surface area contributed by atoms with Crippen molar-refractivity contribution >= 4 is 17.4 Å². The van der Waals surface area contributed by atoms with Crippen molar-refractivity contribution in [2.45, 2.75) is 18.4 Å². The Labute approximate surface area is 103 Å². The predicted molar refractivity (Wildman–Crippen MR) is 61.8 cm³/mol. The Morgan fingerprint density at radius 3 is 3.18 bits per heavy atom. The molecule has 0 aromatic carbocycles. The average Bonchev–Trinajstić information content (AvgIpc) is 2.29. The van der Waals surface area contributed by atoms with Gasteiger partial charge in [-0.2, -0.15) is 0 Å². The molecule has 1 saturated heterocycles. The first-order valence-electron chi connectivity index (χ1n) is 5.59. The molecule has 2 aliphatic rings. The lowest BCUT2D eigenvalue weighted by Gasteiger charge is -2.43. The molecule has 17 heavy (non-hydrogen) atoms. The molecule has 0 spiro atoms. The number of rotatable bonds is 0. The van der Waals surface area contributed by atoms with Crippen LogP contribution in [-0.4, -0.2) is 30.7 Å². The summed E-state index contributed by atoms with van der Waals surface area (Å²) in [7, 11) is 0. The highest BCUT2D eigenvalue weighted by molar-refractivity contribution is 6.30. The molecule has 0 bridgehead atoms. The van der Waals surface area contributed by atoms with Crippen molar-refractivity contribution in [3.05, 3.63) is 22.8 Å². The molecule has 0 amide bonds. The van der Waals surface area contributed by atoms with Gasteiger partial charge in [0.1, 0.15) is 5.82 Å². The summed E-state index contributed by atoms with van der Waals surface area (Å²) in [6.45, 7) is 2.09. The fraction of sp³-hybridized carbons (Fsp3) is 0.545. The number of hydrogen-bond donors (Lipinski definition) is 1. The highest BCUT2D eigenvalue weighted by atomic mass is 35.5. The van der Waals surface area contributed by atoms with E-state index in [2.05, 4.69) is 10.3 Å². The number of hydrogen-bond acceptors (Lipinski definition) is 3. The second-order valence-corrected chi connectivity index (χ2v) is 4.92. The number of pyridine rings is 1.